The molecule has 2 atom stereocenters. The van der Waals surface area contributed by atoms with Crippen molar-refractivity contribution in [1.29, 1.82) is 0 Å². The second-order valence-corrected chi connectivity index (χ2v) is 16.9. The summed E-state index contributed by atoms with van der Waals surface area (Å²) >= 11 is -2.07. The van der Waals surface area contributed by atoms with Crippen LogP contribution in [0.4, 0.5) is 0 Å². The van der Waals surface area contributed by atoms with Crippen LogP contribution < -0.4 is 0 Å². The van der Waals surface area contributed by atoms with Gasteiger partial charge in [-0.15, -0.1) is 0 Å². The van der Waals surface area contributed by atoms with E-state index in [4.69, 9.17) is 26.0 Å². The van der Waals surface area contributed by atoms with Crippen molar-refractivity contribution < 1.29 is 56.2 Å². The van der Waals surface area contributed by atoms with Crippen LogP contribution >= 0.6 is 16.5 Å². The van der Waals surface area contributed by atoms with Gasteiger partial charge >= 0.3 is 106 Å². The van der Waals surface area contributed by atoms with Gasteiger partial charge in [-0.2, -0.15) is 0 Å². The fourth-order valence-corrected chi connectivity index (χ4v) is 9.92. The normalized spacial score (nSPS) is 29.2. The molecule has 0 N–H and O–H groups in total. The van der Waals surface area contributed by atoms with E-state index in [1.807, 2.05) is 0 Å². The van der Waals surface area contributed by atoms with Crippen LogP contribution in [0.5, 0.6) is 0 Å². The van der Waals surface area contributed by atoms with Crippen LogP contribution in [-0.4, -0.2) is 25.4 Å². The molecule has 12 heavy (non-hydrogen) atoms. The Morgan fingerprint density at radius 1 is 1.00 bits per heavy atom. The Morgan fingerprint density at radius 2 is 1.42 bits per heavy atom. The zero-order valence-corrected chi connectivity index (χ0v) is 19.5. The summed E-state index contributed by atoms with van der Waals surface area (Å²) in [5.74, 6) is 0. The first kappa shape index (κ1) is 12.4. The molecule has 1 aliphatic heterocycles. The Kier molecular flexibility index (Phi) is 7.91. The molecular formula is C6H10Cl2Hg2O2. The van der Waals surface area contributed by atoms with E-state index < -0.39 is 46.7 Å². The Morgan fingerprint density at radius 3 is 1.67 bits per heavy atom. The molecule has 0 aliphatic carbocycles. The molecule has 6 heteroatoms. The predicted octanol–water partition coefficient (Wildman–Crippen LogP) is 2.08. The molecule has 0 aromatic carbocycles. The van der Waals surface area contributed by atoms with Crippen molar-refractivity contribution in [1.82, 2.24) is 0 Å². The molecule has 64 valence electrons. The number of hydrogen-bond acceptors (Lipinski definition) is 2. The van der Waals surface area contributed by atoms with Crippen LogP contribution in [0.25, 0.3) is 0 Å². The molecule has 2 unspecified atom stereocenters. The number of rotatable bonds is 4. The van der Waals surface area contributed by atoms with E-state index in [0.717, 1.165) is 21.1 Å². The zero-order valence-electron chi connectivity index (χ0n) is 6.97. The summed E-state index contributed by atoms with van der Waals surface area (Å²) in [5.41, 5.74) is 0. The summed E-state index contributed by atoms with van der Waals surface area (Å²) in [5, 5.41) is 0. The van der Waals surface area contributed by atoms with Crippen LogP contribution in [0.15, 0.2) is 0 Å². The Hall–Kier alpha value is 2.37. The molecule has 1 aliphatic rings. The molecule has 0 aromatic rings. The van der Waals surface area contributed by atoms with Crippen molar-refractivity contribution in [2.45, 2.75) is 20.1 Å². The second-order valence-electron chi connectivity index (χ2n) is 2.87. The van der Waals surface area contributed by atoms with Crippen molar-refractivity contribution in [3.8, 4) is 0 Å². The van der Waals surface area contributed by atoms with Crippen molar-refractivity contribution >= 4 is 16.5 Å². The summed E-state index contributed by atoms with van der Waals surface area (Å²) in [6.45, 7) is 1.50. The molecule has 0 amide bonds. The fraction of sp³-hybridized carbons (Fsp3) is 1.00. The molecule has 0 bridgehead atoms. The minimum absolute atomic E-state index is 0.312. The molecule has 0 saturated carbocycles. The van der Waals surface area contributed by atoms with Gasteiger partial charge in [-0.25, -0.2) is 0 Å². The first-order valence-electron chi connectivity index (χ1n) is 4.22. The molecule has 2 nitrogen and oxygen atoms in total. The van der Waals surface area contributed by atoms with Gasteiger partial charge in [0, 0.05) is 0 Å². The minimum atomic E-state index is -1.03. The third kappa shape index (κ3) is 4.74. The van der Waals surface area contributed by atoms with Gasteiger partial charge in [0.05, 0.1) is 0 Å². The van der Waals surface area contributed by atoms with E-state index in [0.29, 0.717) is 12.2 Å². The van der Waals surface area contributed by atoms with E-state index in [2.05, 4.69) is 0 Å². The van der Waals surface area contributed by atoms with E-state index in [9.17, 15) is 0 Å². The molecular weight excluding hydrogens is 576 g/mol. The second kappa shape index (κ2) is 7.63. The van der Waals surface area contributed by atoms with Gasteiger partial charge in [-0.3, -0.25) is 0 Å². The van der Waals surface area contributed by atoms with Crippen LogP contribution in [0.2, 0.25) is 7.86 Å². The van der Waals surface area contributed by atoms with Crippen molar-refractivity contribution in [2.75, 3.05) is 13.2 Å². The van der Waals surface area contributed by atoms with Crippen LogP contribution in [0.3, 0.4) is 0 Å². The number of ether oxygens (including phenoxy) is 2. The molecule has 0 aromatic heterocycles. The molecule has 1 rings (SSSR count). The van der Waals surface area contributed by atoms with Crippen LogP contribution in [-0.2, 0) is 56.2 Å². The van der Waals surface area contributed by atoms with Gasteiger partial charge in [0.25, 0.3) is 0 Å². The van der Waals surface area contributed by atoms with Gasteiger partial charge in [0.1, 0.15) is 0 Å². The summed E-state index contributed by atoms with van der Waals surface area (Å²) in [7, 11) is 11.6. The zero-order chi connectivity index (χ0) is 8.81. The van der Waals surface area contributed by atoms with Crippen LogP contribution in [0.1, 0.15) is 0 Å². The average molecular weight is 586 g/mol. The number of hydrogen-bond donors (Lipinski definition) is 0. The average Bonchev–Trinajstić information content (AvgIpc) is 2.09. The van der Waals surface area contributed by atoms with Crippen LogP contribution in [0, 0.1) is 0 Å². The molecule has 0 radical (unpaired) electrons. The monoisotopic (exact) mass is 588 g/mol. The Bertz CT molecular complexity index is 106. The predicted molar refractivity (Wildman–Crippen MR) is 40.8 cm³/mol. The summed E-state index contributed by atoms with van der Waals surface area (Å²) in [4.78, 5) is 0. The quantitative estimate of drug-likeness (QED) is 0.471. The maximum absolute atomic E-state index is 5.81. The number of halogens is 2. The van der Waals surface area contributed by atoms with Gasteiger partial charge < -0.3 is 0 Å². The molecule has 0 spiro atoms. The van der Waals surface area contributed by atoms with Gasteiger partial charge in [0.2, 0.25) is 0 Å². The van der Waals surface area contributed by atoms with Gasteiger partial charge in [-0.05, 0) is 0 Å². The standard InChI is InChI=1S/C6H10O2.2ClH.2Hg/c1-5-3-8-6(2)4-7-5;;;;/h5-6H,1-4H2;2*1H;;/q;;;2*+1/p-2. The molecule has 1 saturated heterocycles. The fourth-order valence-electron chi connectivity index (χ4n) is 1.16. The third-order valence-corrected chi connectivity index (χ3v) is 12.4. The SMILES string of the molecule is [Cl][Hg][CH2]C1COC([CH2][Hg][Cl])CO1. The van der Waals surface area contributed by atoms with Crippen molar-refractivity contribution in [3.05, 3.63) is 0 Å². The van der Waals surface area contributed by atoms with Gasteiger partial charge in [-0.1, -0.05) is 0 Å². The van der Waals surface area contributed by atoms with E-state index in [-0.39, 0.29) is 0 Å². The summed E-state index contributed by atoms with van der Waals surface area (Å²) in [6, 6.07) is 0. The van der Waals surface area contributed by atoms with E-state index in [1.54, 1.807) is 0 Å². The maximum atomic E-state index is 5.81. The molecule has 1 heterocycles. The topological polar surface area (TPSA) is 18.5 Å². The van der Waals surface area contributed by atoms with Crippen molar-refractivity contribution in [3.63, 3.8) is 0 Å². The first-order chi connectivity index (χ1) is 5.86. The molecule has 1 fully saturated rings. The Labute approximate surface area is 104 Å². The summed E-state index contributed by atoms with van der Waals surface area (Å²) in [6.07, 6.45) is 0.625. The van der Waals surface area contributed by atoms with E-state index >= 15 is 0 Å². The van der Waals surface area contributed by atoms with E-state index in [1.165, 1.54) is 0 Å². The summed E-state index contributed by atoms with van der Waals surface area (Å²) < 4.78 is 13.4. The Balaban J connectivity index is 2.11. The van der Waals surface area contributed by atoms with Crippen molar-refractivity contribution in [2.24, 2.45) is 0 Å². The third-order valence-electron chi connectivity index (χ3n) is 1.90. The van der Waals surface area contributed by atoms with Gasteiger partial charge in [0.15, 0.2) is 0 Å². The first-order valence-corrected chi connectivity index (χ1v) is 25.5.